The quantitative estimate of drug-likeness (QED) is 0.839. The van der Waals surface area contributed by atoms with Crippen LogP contribution in [0.5, 0.6) is 0 Å². The predicted octanol–water partition coefficient (Wildman–Crippen LogP) is 2.40. The number of rotatable bonds is 4. The summed E-state index contributed by atoms with van der Waals surface area (Å²) in [6.45, 7) is 0. The van der Waals surface area contributed by atoms with Gasteiger partial charge in [-0.05, 0) is 64.4 Å². The number of hydrogen-bond donors (Lipinski definition) is 2. The van der Waals surface area contributed by atoms with Crippen molar-refractivity contribution in [1.29, 1.82) is 0 Å². The summed E-state index contributed by atoms with van der Waals surface area (Å²) < 4.78 is 0. The van der Waals surface area contributed by atoms with E-state index in [0.29, 0.717) is 6.04 Å². The lowest BCUT2D eigenvalue weighted by atomic mass is 9.79. The predicted molar refractivity (Wildman–Crippen MR) is 72.0 cm³/mol. The van der Waals surface area contributed by atoms with E-state index in [4.69, 9.17) is 0 Å². The minimum atomic E-state index is 0.569. The molecule has 1 aromatic heterocycles. The zero-order chi connectivity index (χ0) is 12.3. The standard InChI is InChI=1S/C14H25N3/c1-15-13-6-4-11(5-7-13)14(17(2)3)12-8-9-16-10-12/h8-11,13-16H,4-7H2,1-3H3. The minimum Gasteiger partial charge on any atom is -0.367 e. The first-order valence-corrected chi connectivity index (χ1v) is 6.68. The molecule has 1 unspecified atom stereocenters. The monoisotopic (exact) mass is 235 g/mol. The SMILES string of the molecule is CNC1CCC(C(c2cc[nH]c2)N(C)C)CC1. The maximum atomic E-state index is 3.41. The van der Waals surface area contributed by atoms with Gasteiger partial charge in [-0.15, -0.1) is 0 Å². The molecule has 0 amide bonds. The molecule has 1 aliphatic carbocycles. The van der Waals surface area contributed by atoms with Crippen LogP contribution >= 0.6 is 0 Å². The lowest BCUT2D eigenvalue weighted by molar-refractivity contribution is 0.159. The van der Waals surface area contributed by atoms with Crippen molar-refractivity contribution < 1.29 is 0 Å². The summed E-state index contributed by atoms with van der Waals surface area (Å²) >= 11 is 0. The molecule has 2 N–H and O–H groups in total. The average molecular weight is 235 g/mol. The molecule has 2 rings (SSSR count). The van der Waals surface area contributed by atoms with Crippen molar-refractivity contribution in [3.05, 3.63) is 24.0 Å². The molecule has 0 bridgehead atoms. The molecule has 1 fully saturated rings. The van der Waals surface area contributed by atoms with Crippen LogP contribution in [0.1, 0.15) is 37.3 Å². The second-order valence-electron chi connectivity index (χ2n) is 5.45. The van der Waals surface area contributed by atoms with Gasteiger partial charge in [-0.25, -0.2) is 0 Å². The van der Waals surface area contributed by atoms with E-state index >= 15 is 0 Å². The molecule has 3 nitrogen and oxygen atoms in total. The number of nitrogens with one attached hydrogen (secondary N) is 2. The Morgan fingerprint density at radius 2 is 2.00 bits per heavy atom. The summed E-state index contributed by atoms with van der Waals surface area (Å²) in [6, 6.07) is 3.52. The highest BCUT2D eigenvalue weighted by atomic mass is 15.1. The van der Waals surface area contributed by atoms with Gasteiger partial charge in [0.15, 0.2) is 0 Å². The summed E-state index contributed by atoms with van der Waals surface area (Å²) in [4.78, 5) is 5.55. The van der Waals surface area contributed by atoms with Crippen LogP contribution in [0.15, 0.2) is 18.5 Å². The normalized spacial score (nSPS) is 27.3. The highest BCUT2D eigenvalue weighted by molar-refractivity contribution is 5.15. The third-order valence-corrected chi connectivity index (χ3v) is 4.15. The molecule has 3 heteroatoms. The van der Waals surface area contributed by atoms with Crippen molar-refractivity contribution in [3.8, 4) is 0 Å². The number of aromatic nitrogens is 1. The molecule has 1 saturated carbocycles. The Balaban J connectivity index is 2.03. The molecular weight excluding hydrogens is 210 g/mol. The van der Waals surface area contributed by atoms with Gasteiger partial charge in [-0.1, -0.05) is 0 Å². The van der Waals surface area contributed by atoms with E-state index in [1.165, 1.54) is 31.2 Å². The number of hydrogen-bond acceptors (Lipinski definition) is 2. The minimum absolute atomic E-state index is 0.569. The van der Waals surface area contributed by atoms with E-state index in [1.54, 1.807) is 0 Å². The van der Waals surface area contributed by atoms with Gasteiger partial charge in [0.2, 0.25) is 0 Å². The van der Waals surface area contributed by atoms with E-state index in [9.17, 15) is 0 Å². The van der Waals surface area contributed by atoms with Crippen LogP contribution in [0.2, 0.25) is 0 Å². The Bertz CT molecular complexity index is 310. The largest absolute Gasteiger partial charge is 0.367 e. The highest BCUT2D eigenvalue weighted by Crippen LogP contribution is 2.37. The van der Waals surface area contributed by atoms with Gasteiger partial charge in [0.25, 0.3) is 0 Å². The molecule has 0 aliphatic heterocycles. The average Bonchev–Trinajstić information content (AvgIpc) is 2.83. The first-order chi connectivity index (χ1) is 8.22. The van der Waals surface area contributed by atoms with Crippen molar-refractivity contribution in [3.63, 3.8) is 0 Å². The van der Waals surface area contributed by atoms with Crippen LogP contribution < -0.4 is 5.32 Å². The van der Waals surface area contributed by atoms with Crippen molar-refractivity contribution in [2.45, 2.75) is 37.8 Å². The van der Waals surface area contributed by atoms with Crippen molar-refractivity contribution in [2.75, 3.05) is 21.1 Å². The maximum Gasteiger partial charge on any atom is 0.0385 e. The maximum absolute atomic E-state index is 3.41. The van der Waals surface area contributed by atoms with Crippen LogP contribution in [0.3, 0.4) is 0 Å². The smallest absolute Gasteiger partial charge is 0.0385 e. The summed E-state index contributed by atoms with van der Waals surface area (Å²) in [6.07, 6.45) is 9.48. The van der Waals surface area contributed by atoms with E-state index in [2.05, 4.69) is 48.6 Å². The third-order valence-electron chi connectivity index (χ3n) is 4.15. The summed E-state index contributed by atoms with van der Waals surface area (Å²) in [7, 11) is 6.48. The molecule has 1 aliphatic rings. The van der Waals surface area contributed by atoms with Crippen LogP contribution in [-0.2, 0) is 0 Å². The van der Waals surface area contributed by atoms with Crippen LogP contribution in [0.25, 0.3) is 0 Å². The van der Waals surface area contributed by atoms with Crippen molar-refractivity contribution in [2.24, 2.45) is 5.92 Å². The molecule has 17 heavy (non-hydrogen) atoms. The fourth-order valence-corrected chi connectivity index (χ4v) is 3.24. The van der Waals surface area contributed by atoms with E-state index in [0.717, 1.165) is 12.0 Å². The zero-order valence-electron chi connectivity index (χ0n) is 11.2. The number of nitrogens with zero attached hydrogens (tertiary/aromatic N) is 1. The van der Waals surface area contributed by atoms with Gasteiger partial charge in [0.05, 0.1) is 0 Å². The molecule has 1 heterocycles. The molecule has 1 aromatic rings. The molecule has 96 valence electrons. The Hall–Kier alpha value is -0.800. The van der Waals surface area contributed by atoms with Gasteiger partial charge in [-0.2, -0.15) is 0 Å². The van der Waals surface area contributed by atoms with E-state index in [-0.39, 0.29) is 0 Å². The Labute approximate surface area is 105 Å². The molecule has 1 atom stereocenters. The molecule has 0 spiro atoms. The van der Waals surface area contributed by atoms with Crippen molar-refractivity contribution >= 4 is 0 Å². The Kier molecular flexibility index (Phi) is 4.24. The van der Waals surface area contributed by atoms with Gasteiger partial charge in [0.1, 0.15) is 0 Å². The number of aromatic amines is 1. The molecular formula is C14H25N3. The van der Waals surface area contributed by atoms with Gasteiger partial charge in [-0.3, -0.25) is 0 Å². The first-order valence-electron chi connectivity index (χ1n) is 6.68. The molecule has 0 radical (unpaired) electrons. The highest BCUT2D eigenvalue weighted by Gasteiger charge is 2.29. The lowest BCUT2D eigenvalue weighted by Crippen LogP contribution is -2.35. The van der Waals surface area contributed by atoms with Crippen molar-refractivity contribution in [1.82, 2.24) is 15.2 Å². The van der Waals surface area contributed by atoms with Crippen LogP contribution in [-0.4, -0.2) is 37.1 Å². The summed E-state index contributed by atoms with van der Waals surface area (Å²) in [5.74, 6) is 0.797. The van der Waals surface area contributed by atoms with E-state index < -0.39 is 0 Å². The second kappa shape index (κ2) is 5.69. The topological polar surface area (TPSA) is 31.1 Å². The van der Waals surface area contributed by atoms with Gasteiger partial charge >= 0.3 is 0 Å². The van der Waals surface area contributed by atoms with Crippen LogP contribution in [0.4, 0.5) is 0 Å². The number of H-pyrrole nitrogens is 1. The van der Waals surface area contributed by atoms with Crippen LogP contribution in [0, 0.1) is 5.92 Å². The molecule has 0 aromatic carbocycles. The molecule has 0 saturated heterocycles. The van der Waals surface area contributed by atoms with Gasteiger partial charge in [0, 0.05) is 24.5 Å². The summed E-state index contributed by atoms with van der Waals surface area (Å²) in [5, 5.41) is 3.41. The Morgan fingerprint density at radius 1 is 1.29 bits per heavy atom. The van der Waals surface area contributed by atoms with E-state index in [1.807, 2.05) is 6.20 Å². The fourth-order valence-electron chi connectivity index (χ4n) is 3.24. The van der Waals surface area contributed by atoms with Gasteiger partial charge < -0.3 is 15.2 Å². The fraction of sp³-hybridized carbons (Fsp3) is 0.714. The second-order valence-corrected chi connectivity index (χ2v) is 5.45. The zero-order valence-corrected chi connectivity index (χ0v) is 11.2. The lowest BCUT2D eigenvalue weighted by Gasteiger charge is -2.37. The summed E-state index contributed by atoms with van der Waals surface area (Å²) in [5.41, 5.74) is 1.43. The third kappa shape index (κ3) is 2.90. The Morgan fingerprint density at radius 3 is 2.47 bits per heavy atom. The first kappa shape index (κ1) is 12.7.